The standard InChI is InChI=1S/C56H9B30N/c1-55(2)8-5-11(25(59)26(60)13(8)14-22(55)37(71)46(80)41(75)28(14)62)87(54-50(84)35(69)20(36(70)51(54)85)19-33(67)44(78)49(83)45(79)34(19)68)53-12-6-3-9(57)10(58)4-7(6)56(23(12)38(72)48(82)52(53)86)21-15(16-24(56)39(73)47(81)42(76)29(16)63)27(61)31(65)18-17(21)30(64)40(74)43(77)32(18)66/h3-5H,1-2H3. The number of nitrogens with zero attached hydrogens (tertiary/aromatic N) is 1. The van der Waals surface area contributed by atoms with Crippen LogP contribution in [0.5, 0.6) is 0 Å². The van der Waals surface area contributed by atoms with E-state index in [1.807, 2.05) is 13.8 Å². The molecule has 60 radical (unpaired) electrons. The predicted octanol–water partition coefficient (Wildman–Crippen LogP) is -21.6. The lowest BCUT2D eigenvalue weighted by atomic mass is 9.55. The molecule has 0 fully saturated rings. The molecule has 0 amide bonds. The van der Waals surface area contributed by atoms with Crippen LogP contribution in [0.15, 0.2) is 18.2 Å². The smallest absolute Gasteiger partial charge is 0.115 e. The minimum absolute atomic E-state index is 0.00473. The van der Waals surface area contributed by atoms with Crippen LogP contribution in [0.2, 0.25) is 0 Å². The van der Waals surface area contributed by atoms with E-state index in [1.165, 1.54) is 4.90 Å². The van der Waals surface area contributed by atoms with Gasteiger partial charge in [0.05, 0.1) is 5.41 Å². The van der Waals surface area contributed by atoms with Gasteiger partial charge in [-0.1, -0.05) is 124 Å². The molecule has 0 N–H and O–H groups in total. The summed E-state index contributed by atoms with van der Waals surface area (Å²) in [6.07, 6.45) is 0. The Kier molecular flexibility index (Phi) is 14.5. The molecule has 0 saturated heterocycles. The highest BCUT2D eigenvalue weighted by molar-refractivity contribution is 6.75. The Balaban J connectivity index is 1.36. The molecule has 0 heterocycles. The van der Waals surface area contributed by atoms with Crippen molar-refractivity contribution in [3.05, 3.63) is 51.6 Å². The van der Waals surface area contributed by atoms with Gasteiger partial charge in [0.25, 0.3) is 0 Å². The Morgan fingerprint density at radius 3 is 1.07 bits per heavy atom. The first-order valence-corrected chi connectivity index (χ1v) is 26.3. The summed E-state index contributed by atoms with van der Waals surface area (Å²) < 4.78 is 0. The first kappa shape index (κ1) is 62.2. The van der Waals surface area contributed by atoms with Crippen molar-refractivity contribution < 1.29 is 0 Å². The first-order valence-electron chi connectivity index (χ1n) is 26.3. The maximum atomic E-state index is 7.61. The Bertz CT molecular complexity index is 4800. The molecular formula is C56H9B30N. The van der Waals surface area contributed by atoms with E-state index in [1.54, 1.807) is 18.2 Å². The topological polar surface area (TPSA) is 3.24 Å². The summed E-state index contributed by atoms with van der Waals surface area (Å²) in [6.45, 7) is 3.73. The van der Waals surface area contributed by atoms with Crippen LogP contribution in [0.25, 0.3) is 55.3 Å². The molecule has 12 rings (SSSR count). The van der Waals surface area contributed by atoms with Gasteiger partial charge in [0.1, 0.15) is 235 Å². The number of hydrogen-bond donors (Lipinski definition) is 0. The normalized spacial score (nSPS) is 14.7. The quantitative estimate of drug-likeness (QED) is 0.159. The fraction of sp³-hybridized carbons (Fsp3) is 0.0714. The van der Waals surface area contributed by atoms with Crippen LogP contribution in [0, 0.1) is 0 Å². The summed E-state index contributed by atoms with van der Waals surface area (Å²) in [7, 11) is 210. The number of benzene rings is 9. The fourth-order valence-electron chi connectivity index (χ4n) is 13.9. The Labute approximate surface area is 548 Å². The minimum atomic E-state index is -2.03. The highest BCUT2D eigenvalue weighted by Gasteiger charge is 2.57. The molecule has 1 spiro atoms. The molecule has 31 heteroatoms. The Morgan fingerprint density at radius 1 is 0.241 bits per heavy atom. The van der Waals surface area contributed by atoms with E-state index in [-0.39, 0.29) is 247 Å². The predicted molar refractivity (Wildman–Crippen MR) is 400 cm³/mol. The van der Waals surface area contributed by atoms with E-state index in [9.17, 15) is 0 Å². The van der Waals surface area contributed by atoms with Gasteiger partial charge in [-0.05, 0) is 89.2 Å². The largest absolute Gasteiger partial charge is 0.312 e. The molecule has 0 aromatic heterocycles. The van der Waals surface area contributed by atoms with Gasteiger partial charge >= 0.3 is 0 Å². The van der Waals surface area contributed by atoms with Crippen LogP contribution in [-0.4, -0.2) is 235 Å². The lowest BCUT2D eigenvalue weighted by Crippen LogP contribution is -2.57. The lowest BCUT2D eigenvalue weighted by Gasteiger charge is -2.40. The van der Waals surface area contributed by atoms with Gasteiger partial charge in [-0.2, -0.15) is 0 Å². The van der Waals surface area contributed by atoms with E-state index in [4.69, 9.17) is 235 Å². The van der Waals surface area contributed by atoms with Gasteiger partial charge in [-0.3, -0.25) is 0 Å². The molecule has 0 saturated carbocycles. The van der Waals surface area contributed by atoms with Crippen LogP contribution >= 0.6 is 0 Å². The van der Waals surface area contributed by atoms with Gasteiger partial charge in [-0.25, -0.2) is 0 Å². The molecule has 3 aliphatic rings. The number of fused-ring (bicyclic) bond motifs is 15. The van der Waals surface area contributed by atoms with Gasteiger partial charge < -0.3 is 4.90 Å². The zero-order chi connectivity index (χ0) is 64.0. The summed E-state index contributed by atoms with van der Waals surface area (Å²) >= 11 is 0. The van der Waals surface area contributed by atoms with Gasteiger partial charge in [0, 0.05) is 28.0 Å². The average molecular weight is 1020 g/mol. The summed E-state index contributed by atoms with van der Waals surface area (Å²) in [4.78, 5) is 1.46. The summed E-state index contributed by atoms with van der Waals surface area (Å²) in [5.74, 6) is 0. The van der Waals surface area contributed by atoms with Crippen molar-refractivity contribution in [1.82, 2.24) is 0 Å². The molecule has 9 aromatic rings. The molecule has 87 heavy (non-hydrogen) atoms. The van der Waals surface area contributed by atoms with Crippen molar-refractivity contribution in [3.8, 4) is 44.5 Å². The van der Waals surface area contributed by atoms with E-state index >= 15 is 0 Å². The Morgan fingerprint density at radius 2 is 0.563 bits per heavy atom. The zero-order valence-electron chi connectivity index (χ0n) is 47.0. The SMILES string of the molecule is [B]c1cc2c(cc1[B])C1(c3c([B])c([B])c([B])c([B])c3-c3c([B])c([B])c4c([B])c([B])c([B])c([B])c4c31)c1c([B])c([B])c([B])c(N(c3cc4c(c([B])c3[B])-c3c([B])c([B])c([B])c([B])c3C4(C)C)c3c([B])c([B])c(-c4c([B])c([B])c([B])c([B])c4[B])c([B])c3[B])c1-2. The molecule has 0 aliphatic heterocycles. The molecule has 1 nitrogen and oxygen atoms in total. The van der Waals surface area contributed by atoms with Crippen LogP contribution in [0.1, 0.15) is 47.2 Å². The summed E-state index contributed by atoms with van der Waals surface area (Å²) in [5.41, 5.74) is -4.16. The minimum Gasteiger partial charge on any atom is -0.312 e. The molecular weight excluding hydrogens is 1010 g/mol. The fourth-order valence-corrected chi connectivity index (χ4v) is 13.9. The van der Waals surface area contributed by atoms with Crippen LogP contribution < -0.4 is 169 Å². The van der Waals surface area contributed by atoms with E-state index < -0.39 is 10.8 Å². The zero-order valence-corrected chi connectivity index (χ0v) is 47.0. The second kappa shape index (κ2) is 20.2. The molecule has 328 valence electrons. The second-order valence-electron chi connectivity index (χ2n) is 22.8. The monoisotopic (exact) mass is 1030 g/mol. The van der Waals surface area contributed by atoms with Crippen LogP contribution in [0.3, 0.4) is 0 Å². The highest BCUT2D eigenvalue weighted by atomic mass is 15.2. The number of anilines is 3. The maximum Gasteiger partial charge on any atom is 0.115 e. The lowest BCUT2D eigenvalue weighted by molar-refractivity contribution is 0.665. The van der Waals surface area contributed by atoms with Crippen molar-refractivity contribution in [1.29, 1.82) is 0 Å². The maximum absolute atomic E-state index is 7.61. The first-order chi connectivity index (χ1) is 40.5. The summed E-state index contributed by atoms with van der Waals surface area (Å²) in [5, 5.41) is 0.190. The Hall–Kier alpha value is -5.01. The van der Waals surface area contributed by atoms with Crippen molar-refractivity contribution in [2.75, 3.05) is 4.90 Å². The van der Waals surface area contributed by atoms with E-state index in [0.717, 1.165) is 0 Å². The van der Waals surface area contributed by atoms with Gasteiger partial charge in [0.2, 0.25) is 0 Å². The van der Waals surface area contributed by atoms with Crippen molar-refractivity contribution >= 4 is 427 Å². The highest BCUT2D eigenvalue weighted by Crippen LogP contribution is 2.63. The third kappa shape index (κ3) is 7.53. The third-order valence-corrected chi connectivity index (χ3v) is 18.4. The third-order valence-electron chi connectivity index (χ3n) is 18.4. The van der Waals surface area contributed by atoms with Gasteiger partial charge in [0.15, 0.2) is 0 Å². The molecule has 0 bridgehead atoms. The average Bonchev–Trinajstić information content (AvgIpc) is 1.49. The number of rotatable bonds is 4. The molecule has 3 aliphatic carbocycles. The molecule has 1 atom stereocenters. The van der Waals surface area contributed by atoms with E-state index in [2.05, 4.69) is 0 Å². The molecule has 9 aromatic carbocycles. The van der Waals surface area contributed by atoms with Crippen LogP contribution in [0.4, 0.5) is 17.1 Å². The van der Waals surface area contributed by atoms with Crippen molar-refractivity contribution in [2.24, 2.45) is 0 Å². The van der Waals surface area contributed by atoms with Crippen molar-refractivity contribution in [2.45, 2.75) is 24.7 Å². The molecule has 1 unspecified atom stereocenters. The van der Waals surface area contributed by atoms with Gasteiger partial charge in [-0.15, -0.1) is 65.6 Å². The van der Waals surface area contributed by atoms with E-state index in [0.29, 0.717) is 22.3 Å². The second-order valence-corrected chi connectivity index (χ2v) is 22.8. The number of hydrogen-bond acceptors (Lipinski definition) is 1. The van der Waals surface area contributed by atoms with Crippen molar-refractivity contribution in [3.63, 3.8) is 0 Å². The van der Waals surface area contributed by atoms with Crippen LogP contribution in [-0.2, 0) is 10.8 Å². The summed E-state index contributed by atoms with van der Waals surface area (Å²) in [6, 6.07) is 4.85.